The molecule has 126 valence electrons. The Morgan fingerprint density at radius 1 is 0.958 bits per heavy atom. The van der Waals surface area contributed by atoms with Crippen molar-refractivity contribution in [3.8, 4) is 5.75 Å². The van der Waals surface area contributed by atoms with Gasteiger partial charge >= 0.3 is 0 Å². The summed E-state index contributed by atoms with van der Waals surface area (Å²) in [5.41, 5.74) is 0.318. The van der Waals surface area contributed by atoms with E-state index in [1.54, 1.807) is 33.1 Å². The normalized spacial score (nSPS) is 10.8. The number of carbonyl (C=O) groups excluding carboxylic acids is 2. The average molecular weight is 326 g/mol. The Hall–Kier alpha value is -2.82. The molecule has 5 heteroatoms. The van der Waals surface area contributed by atoms with Gasteiger partial charge in [-0.15, -0.1) is 0 Å². The summed E-state index contributed by atoms with van der Waals surface area (Å²) in [6.07, 6.45) is 0. The van der Waals surface area contributed by atoms with E-state index in [9.17, 15) is 9.59 Å². The van der Waals surface area contributed by atoms with Crippen molar-refractivity contribution < 1.29 is 14.3 Å². The largest absolute Gasteiger partial charge is 0.496 e. The fourth-order valence-electron chi connectivity index (χ4n) is 2.16. The highest BCUT2D eigenvalue weighted by atomic mass is 16.5. The topological polar surface area (TPSA) is 67.4 Å². The SMILES string of the molecule is COc1ccccc1CNC(=O)C(C)(C)C(=O)Nc1ccccc1. The van der Waals surface area contributed by atoms with Gasteiger partial charge in [0.2, 0.25) is 11.8 Å². The number of benzene rings is 2. The van der Waals surface area contributed by atoms with E-state index in [0.717, 1.165) is 5.56 Å². The number of hydrogen-bond donors (Lipinski definition) is 2. The lowest BCUT2D eigenvalue weighted by Crippen LogP contribution is -2.44. The standard InChI is InChI=1S/C19H22N2O3/c1-19(2,18(23)21-15-10-5-4-6-11-15)17(22)20-13-14-9-7-8-12-16(14)24-3/h4-12H,13H2,1-3H3,(H,20,22)(H,21,23). The summed E-state index contributed by atoms with van der Waals surface area (Å²) in [6, 6.07) is 16.5. The Bertz CT molecular complexity index is 712. The molecule has 0 fully saturated rings. The zero-order chi connectivity index (χ0) is 17.6. The molecule has 2 N–H and O–H groups in total. The molecule has 2 aromatic carbocycles. The van der Waals surface area contributed by atoms with Crippen molar-refractivity contribution in [2.24, 2.45) is 5.41 Å². The van der Waals surface area contributed by atoms with E-state index in [1.165, 1.54) is 0 Å². The van der Waals surface area contributed by atoms with E-state index < -0.39 is 5.41 Å². The van der Waals surface area contributed by atoms with E-state index >= 15 is 0 Å². The van der Waals surface area contributed by atoms with Crippen molar-refractivity contribution in [2.75, 3.05) is 12.4 Å². The van der Waals surface area contributed by atoms with Gasteiger partial charge in [-0.2, -0.15) is 0 Å². The number of hydrogen-bond acceptors (Lipinski definition) is 3. The van der Waals surface area contributed by atoms with Crippen LogP contribution in [0.25, 0.3) is 0 Å². The van der Waals surface area contributed by atoms with Gasteiger partial charge in [-0.05, 0) is 32.0 Å². The molecule has 0 aliphatic rings. The minimum absolute atomic E-state index is 0.297. The van der Waals surface area contributed by atoms with Crippen molar-refractivity contribution in [3.05, 3.63) is 60.2 Å². The molecule has 2 rings (SSSR count). The first-order valence-electron chi connectivity index (χ1n) is 7.72. The number of amides is 2. The number of carbonyl (C=O) groups is 2. The summed E-state index contributed by atoms with van der Waals surface area (Å²) >= 11 is 0. The summed E-state index contributed by atoms with van der Waals surface area (Å²) in [4.78, 5) is 24.9. The second-order valence-electron chi connectivity index (χ2n) is 5.94. The van der Waals surface area contributed by atoms with Crippen LogP contribution in [0.1, 0.15) is 19.4 Å². The summed E-state index contributed by atoms with van der Waals surface area (Å²) < 4.78 is 5.26. The fourth-order valence-corrected chi connectivity index (χ4v) is 2.16. The van der Waals surface area contributed by atoms with E-state index in [4.69, 9.17) is 4.74 Å². The van der Waals surface area contributed by atoms with Gasteiger partial charge in [0.05, 0.1) is 7.11 Å². The molecular weight excluding hydrogens is 304 g/mol. The quantitative estimate of drug-likeness (QED) is 0.802. The summed E-state index contributed by atoms with van der Waals surface area (Å²) in [7, 11) is 1.58. The van der Waals surface area contributed by atoms with Crippen LogP contribution in [0.2, 0.25) is 0 Å². The Labute approximate surface area is 142 Å². The molecule has 0 spiro atoms. The zero-order valence-electron chi connectivity index (χ0n) is 14.1. The van der Waals surface area contributed by atoms with Gasteiger partial charge in [0.25, 0.3) is 0 Å². The lowest BCUT2D eigenvalue weighted by molar-refractivity contribution is -0.138. The van der Waals surface area contributed by atoms with Crippen molar-refractivity contribution in [2.45, 2.75) is 20.4 Å². The Kier molecular flexibility index (Phi) is 5.58. The maximum absolute atomic E-state index is 12.5. The fraction of sp³-hybridized carbons (Fsp3) is 0.263. The van der Waals surface area contributed by atoms with Crippen LogP contribution in [0, 0.1) is 5.41 Å². The number of methoxy groups -OCH3 is 1. The van der Waals surface area contributed by atoms with Crippen molar-refractivity contribution >= 4 is 17.5 Å². The minimum Gasteiger partial charge on any atom is -0.496 e. The van der Waals surface area contributed by atoms with Crippen LogP contribution in [0.3, 0.4) is 0 Å². The molecule has 0 aliphatic heterocycles. The Balaban J connectivity index is 2.00. The Morgan fingerprint density at radius 3 is 2.25 bits per heavy atom. The van der Waals surface area contributed by atoms with E-state index in [2.05, 4.69) is 10.6 Å². The molecule has 0 saturated carbocycles. The predicted octanol–water partition coefficient (Wildman–Crippen LogP) is 2.98. The van der Waals surface area contributed by atoms with Gasteiger partial charge in [-0.25, -0.2) is 0 Å². The second kappa shape index (κ2) is 7.64. The van der Waals surface area contributed by atoms with Crippen molar-refractivity contribution in [1.82, 2.24) is 5.32 Å². The molecule has 0 aromatic heterocycles. The first-order valence-corrected chi connectivity index (χ1v) is 7.72. The number of ether oxygens (including phenoxy) is 1. The third kappa shape index (κ3) is 4.13. The van der Waals surface area contributed by atoms with Gasteiger partial charge < -0.3 is 15.4 Å². The number of rotatable bonds is 6. The highest BCUT2D eigenvalue weighted by Gasteiger charge is 2.36. The lowest BCUT2D eigenvalue weighted by Gasteiger charge is -2.23. The summed E-state index contributed by atoms with van der Waals surface area (Å²) in [5.74, 6) is -0.00240. The smallest absolute Gasteiger partial charge is 0.239 e. The third-order valence-electron chi connectivity index (χ3n) is 3.80. The van der Waals surface area contributed by atoms with Crippen LogP contribution >= 0.6 is 0 Å². The second-order valence-corrected chi connectivity index (χ2v) is 5.94. The maximum atomic E-state index is 12.5. The number of nitrogens with one attached hydrogen (secondary N) is 2. The van der Waals surface area contributed by atoms with E-state index in [1.807, 2.05) is 42.5 Å². The molecule has 0 atom stereocenters. The van der Waals surface area contributed by atoms with Crippen LogP contribution in [-0.2, 0) is 16.1 Å². The first-order chi connectivity index (χ1) is 11.4. The molecule has 0 bridgehead atoms. The molecule has 0 radical (unpaired) electrons. The molecule has 0 aliphatic carbocycles. The van der Waals surface area contributed by atoms with Crippen LogP contribution < -0.4 is 15.4 Å². The average Bonchev–Trinajstić information content (AvgIpc) is 2.60. The van der Waals surface area contributed by atoms with Crippen LogP contribution in [0.4, 0.5) is 5.69 Å². The number of para-hydroxylation sites is 2. The van der Waals surface area contributed by atoms with Gasteiger partial charge in [0.1, 0.15) is 11.2 Å². The molecule has 24 heavy (non-hydrogen) atoms. The molecule has 0 saturated heterocycles. The molecule has 0 heterocycles. The molecular formula is C19H22N2O3. The predicted molar refractivity (Wildman–Crippen MR) is 93.7 cm³/mol. The highest BCUT2D eigenvalue weighted by molar-refractivity contribution is 6.09. The highest BCUT2D eigenvalue weighted by Crippen LogP contribution is 2.21. The Morgan fingerprint density at radius 2 is 1.58 bits per heavy atom. The zero-order valence-corrected chi connectivity index (χ0v) is 14.1. The van der Waals surface area contributed by atoms with Gasteiger partial charge in [-0.1, -0.05) is 36.4 Å². The van der Waals surface area contributed by atoms with Gasteiger partial charge in [-0.3, -0.25) is 9.59 Å². The summed E-state index contributed by atoms with van der Waals surface area (Å²) in [5, 5.41) is 5.56. The lowest BCUT2D eigenvalue weighted by atomic mass is 9.90. The van der Waals surface area contributed by atoms with Crippen molar-refractivity contribution in [1.29, 1.82) is 0 Å². The monoisotopic (exact) mass is 326 g/mol. The molecule has 2 amide bonds. The van der Waals surface area contributed by atoms with Gasteiger partial charge in [0, 0.05) is 17.8 Å². The van der Waals surface area contributed by atoms with E-state index in [0.29, 0.717) is 18.0 Å². The number of anilines is 1. The first kappa shape index (κ1) is 17.5. The van der Waals surface area contributed by atoms with E-state index in [-0.39, 0.29) is 11.8 Å². The minimum atomic E-state index is -1.20. The van der Waals surface area contributed by atoms with Crippen LogP contribution in [-0.4, -0.2) is 18.9 Å². The van der Waals surface area contributed by atoms with Crippen LogP contribution in [0.5, 0.6) is 5.75 Å². The molecule has 0 unspecified atom stereocenters. The third-order valence-corrected chi connectivity index (χ3v) is 3.80. The maximum Gasteiger partial charge on any atom is 0.239 e. The van der Waals surface area contributed by atoms with Crippen LogP contribution in [0.15, 0.2) is 54.6 Å². The molecule has 2 aromatic rings. The summed E-state index contributed by atoms with van der Waals surface area (Å²) in [6.45, 7) is 3.50. The molecule has 5 nitrogen and oxygen atoms in total. The van der Waals surface area contributed by atoms with Gasteiger partial charge in [0.15, 0.2) is 0 Å². The van der Waals surface area contributed by atoms with Crippen molar-refractivity contribution in [3.63, 3.8) is 0 Å².